The predicted octanol–water partition coefficient (Wildman–Crippen LogP) is 2.28. The Morgan fingerprint density at radius 2 is 2.08 bits per heavy atom. The molecule has 2 rings (SSSR count). The van der Waals surface area contributed by atoms with Gasteiger partial charge in [-0.3, -0.25) is 0 Å². The van der Waals surface area contributed by atoms with Crippen LogP contribution < -0.4 is 0 Å². The van der Waals surface area contributed by atoms with Gasteiger partial charge >= 0.3 is 0 Å². The standard InChI is InChI=1S/C8H5N3.2ClH/c9-4-6-2-1-3-7-8(6)11-5-10-7;;/h1-3,5H,(H,10,11);2*1H. The third-order valence-corrected chi connectivity index (χ3v) is 1.57. The van der Waals surface area contributed by atoms with E-state index in [1.807, 2.05) is 12.1 Å². The number of benzene rings is 1. The summed E-state index contributed by atoms with van der Waals surface area (Å²) >= 11 is 0. The van der Waals surface area contributed by atoms with Crippen molar-refractivity contribution in [3.05, 3.63) is 30.1 Å². The lowest BCUT2D eigenvalue weighted by molar-refractivity contribution is 1.34. The number of nitriles is 1. The Morgan fingerprint density at radius 1 is 1.31 bits per heavy atom. The molecule has 0 saturated heterocycles. The Morgan fingerprint density at radius 3 is 2.77 bits per heavy atom. The van der Waals surface area contributed by atoms with E-state index in [-0.39, 0.29) is 24.8 Å². The van der Waals surface area contributed by atoms with Crippen molar-refractivity contribution < 1.29 is 0 Å². The van der Waals surface area contributed by atoms with Gasteiger partial charge in [-0.25, -0.2) is 4.98 Å². The molecule has 13 heavy (non-hydrogen) atoms. The largest absolute Gasteiger partial charge is 0.345 e. The molecule has 1 heterocycles. The normalized spacial score (nSPS) is 8.23. The van der Waals surface area contributed by atoms with Crippen molar-refractivity contribution in [1.82, 2.24) is 9.97 Å². The van der Waals surface area contributed by atoms with Crippen molar-refractivity contribution in [3.8, 4) is 6.07 Å². The van der Waals surface area contributed by atoms with E-state index in [0.717, 1.165) is 11.0 Å². The van der Waals surface area contributed by atoms with Crippen molar-refractivity contribution >= 4 is 35.8 Å². The van der Waals surface area contributed by atoms with Crippen LogP contribution in [0.4, 0.5) is 0 Å². The number of aromatic amines is 1. The molecular weight excluding hydrogens is 209 g/mol. The summed E-state index contributed by atoms with van der Waals surface area (Å²) in [6, 6.07) is 7.55. The maximum absolute atomic E-state index is 8.65. The average molecular weight is 216 g/mol. The number of hydrogen-bond acceptors (Lipinski definition) is 2. The highest BCUT2D eigenvalue weighted by Gasteiger charge is 1.99. The third kappa shape index (κ3) is 1.92. The molecule has 0 aliphatic rings. The van der Waals surface area contributed by atoms with E-state index in [1.165, 1.54) is 0 Å². The zero-order valence-corrected chi connectivity index (χ0v) is 8.15. The van der Waals surface area contributed by atoms with Crippen LogP contribution in [0.2, 0.25) is 0 Å². The smallest absolute Gasteiger partial charge is 0.106 e. The summed E-state index contributed by atoms with van der Waals surface area (Å²) in [5, 5.41) is 8.65. The quantitative estimate of drug-likeness (QED) is 0.734. The molecule has 0 atom stereocenters. The van der Waals surface area contributed by atoms with Gasteiger partial charge in [0.1, 0.15) is 11.6 Å². The van der Waals surface area contributed by atoms with Crippen molar-refractivity contribution in [2.24, 2.45) is 0 Å². The maximum atomic E-state index is 8.65. The molecule has 68 valence electrons. The summed E-state index contributed by atoms with van der Waals surface area (Å²) in [7, 11) is 0. The molecule has 0 aliphatic heterocycles. The Labute approximate surface area is 87.6 Å². The monoisotopic (exact) mass is 215 g/mol. The molecule has 5 heteroatoms. The first-order valence-electron chi connectivity index (χ1n) is 3.24. The number of fused-ring (bicyclic) bond motifs is 1. The maximum Gasteiger partial charge on any atom is 0.106 e. The van der Waals surface area contributed by atoms with Gasteiger partial charge in [-0.1, -0.05) is 6.07 Å². The highest BCUT2D eigenvalue weighted by atomic mass is 35.5. The second-order valence-electron chi connectivity index (χ2n) is 2.22. The van der Waals surface area contributed by atoms with E-state index in [2.05, 4.69) is 16.0 Å². The number of aromatic nitrogens is 2. The molecule has 0 radical (unpaired) electrons. The first-order valence-corrected chi connectivity index (χ1v) is 3.24. The molecule has 2 aromatic rings. The summed E-state index contributed by atoms with van der Waals surface area (Å²) in [6.07, 6.45) is 1.59. The van der Waals surface area contributed by atoms with Crippen molar-refractivity contribution in [3.63, 3.8) is 0 Å². The SMILES string of the molecule is Cl.Cl.N#Cc1cccc2[nH]cnc12. The molecule has 1 aromatic heterocycles. The van der Waals surface area contributed by atoms with E-state index in [0.29, 0.717) is 5.56 Å². The van der Waals surface area contributed by atoms with Crippen molar-refractivity contribution in [1.29, 1.82) is 5.26 Å². The molecule has 1 N–H and O–H groups in total. The van der Waals surface area contributed by atoms with Gasteiger partial charge in [0.2, 0.25) is 0 Å². The van der Waals surface area contributed by atoms with Crippen LogP contribution in [0.5, 0.6) is 0 Å². The average Bonchev–Trinajstić information content (AvgIpc) is 2.50. The molecular formula is C8H7Cl2N3. The van der Waals surface area contributed by atoms with Gasteiger partial charge < -0.3 is 4.98 Å². The number of halogens is 2. The molecule has 0 saturated carbocycles. The Bertz CT molecular complexity index is 430. The molecule has 0 amide bonds. The highest BCUT2D eigenvalue weighted by Crippen LogP contribution is 2.12. The number of imidazole rings is 1. The molecule has 0 unspecified atom stereocenters. The van der Waals surface area contributed by atoms with Crippen LogP contribution in [-0.4, -0.2) is 9.97 Å². The first kappa shape index (κ1) is 11.8. The van der Waals surface area contributed by atoms with Crippen molar-refractivity contribution in [2.45, 2.75) is 0 Å². The van der Waals surface area contributed by atoms with E-state index in [4.69, 9.17) is 5.26 Å². The van der Waals surface area contributed by atoms with Crippen LogP contribution in [-0.2, 0) is 0 Å². The summed E-state index contributed by atoms with van der Waals surface area (Å²) < 4.78 is 0. The van der Waals surface area contributed by atoms with Gasteiger partial charge in [-0.2, -0.15) is 5.26 Å². The fraction of sp³-hybridized carbons (Fsp3) is 0. The lowest BCUT2D eigenvalue weighted by Gasteiger charge is -1.88. The van der Waals surface area contributed by atoms with Crippen LogP contribution >= 0.6 is 24.8 Å². The Hall–Kier alpha value is -1.24. The Kier molecular flexibility index (Phi) is 4.26. The topological polar surface area (TPSA) is 52.5 Å². The fourth-order valence-corrected chi connectivity index (χ4v) is 1.06. The lowest BCUT2D eigenvalue weighted by atomic mass is 10.2. The van der Waals surface area contributed by atoms with Gasteiger partial charge in [0.05, 0.1) is 17.4 Å². The van der Waals surface area contributed by atoms with E-state index in [9.17, 15) is 0 Å². The number of nitrogens with zero attached hydrogens (tertiary/aromatic N) is 2. The highest BCUT2D eigenvalue weighted by molar-refractivity contribution is 5.85. The predicted molar refractivity (Wildman–Crippen MR) is 55.3 cm³/mol. The zero-order chi connectivity index (χ0) is 7.68. The Balaban J connectivity index is 0.000000720. The van der Waals surface area contributed by atoms with E-state index >= 15 is 0 Å². The summed E-state index contributed by atoms with van der Waals surface area (Å²) in [4.78, 5) is 6.94. The van der Waals surface area contributed by atoms with Crippen LogP contribution in [0.1, 0.15) is 5.56 Å². The fourth-order valence-electron chi connectivity index (χ4n) is 1.06. The minimum Gasteiger partial charge on any atom is -0.345 e. The number of para-hydroxylation sites is 1. The third-order valence-electron chi connectivity index (χ3n) is 1.57. The summed E-state index contributed by atoms with van der Waals surface area (Å²) in [5.74, 6) is 0. The summed E-state index contributed by atoms with van der Waals surface area (Å²) in [5.41, 5.74) is 2.27. The van der Waals surface area contributed by atoms with Gasteiger partial charge in [-0.05, 0) is 12.1 Å². The number of nitrogens with one attached hydrogen (secondary N) is 1. The van der Waals surface area contributed by atoms with Crippen molar-refractivity contribution in [2.75, 3.05) is 0 Å². The molecule has 0 bridgehead atoms. The number of H-pyrrole nitrogens is 1. The number of rotatable bonds is 0. The van der Waals surface area contributed by atoms with Gasteiger partial charge in [0, 0.05) is 0 Å². The minimum atomic E-state index is 0. The molecule has 3 nitrogen and oxygen atoms in total. The van der Waals surface area contributed by atoms with E-state index in [1.54, 1.807) is 12.4 Å². The van der Waals surface area contributed by atoms with Crippen LogP contribution in [0.3, 0.4) is 0 Å². The van der Waals surface area contributed by atoms with Gasteiger partial charge in [-0.15, -0.1) is 24.8 Å². The second kappa shape index (κ2) is 4.70. The first-order chi connectivity index (χ1) is 5.42. The zero-order valence-electron chi connectivity index (χ0n) is 6.52. The number of hydrogen-bond donors (Lipinski definition) is 1. The second-order valence-corrected chi connectivity index (χ2v) is 2.22. The minimum absolute atomic E-state index is 0. The van der Waals surface area contributed by atoms with Crippen LogP contribution in [0.15, 0.2) is 24.5 Å². The lowest BCUT2D eigenvalue weighted by Crippen LogP contribution is -1.75. The van der Waals surface area contributed by atoms with Crippen LogP contribution in [0, 0.1) is 11.3 Å². The van der Waals surface area contributed by atoms with E-state index < -0.39 is 0 Å². The molecule has 0 fully saturated rings. The van der Waals surface area contributed by atoms with Crippen LogP contribution in [0.25, 0.3) is 11.0 Å². The van der Waals surface area contributed by atoms with Gasteiger partial charge in [0.15, 0.2) is 0 Å². The molecule has 0 spiro atoms. The summed E-state index contributed by atoms with van der Waals surface area (Å²) in [6.45, 7) is 0. The molecule has 1 aromatic carbocycles. The molecule has 0 aliphatic carbocycles. The van der Waals surface area contributed by atoms with Gasteiger partial charge in [0.25, 0.3) is 0 Å².